The smallest absolute Gasteiger partial charge is 0.231 e. The standard InChI is InChI=1S/C23H25N5O/c1-23(2,3)17-10-8-16(9-11-17)15-28-21(12-13-24-28)25-22(29)14-20-18-6-4-5-7-19(18)26-27-20/h4-13H,14-15H2,1-3H3,(H,25,29)(H,26,27). The van der Waals surface area contributed by atoms with Gasteiger partial charge in [0.15, 0.2) is 0 Å². The van der Waals surface area contributed by atoms with Gasteiger partial charge in [-0.2, -0.15) is 10.2 Å². The van der Waals surface area contributed by atoms with Crippen LogP contribution < -0.4 is 5.32 Å². The molecule has 29 heavy (non-hydrogen) atoms. The number of rotatable bonds is 5. The van der Waals surface area contributed by atoms with E-state index < -0.39 is 0 Å². The first kappa shape index (κ1) is 18.9. The molecule has 6 nitrogen and oxygen atoms in total. The van der Waals surface area contributed by atoms with Gasteiger partial charge in [-0.15, -0.1) is 0 Å². The number of carbonyl (C=O) groups is 1. The second-order valence-corrected chi connectivity index (χ2v) is 8.27. The number of para-hydroxylation sites is 1. The zero-order valence-corrected chi connectivity index (χ0v) is 16.9. The normalized spacial score (nSPS) is 11.7. The third-order valence-electron chi connectivity index (χ3n) is 5.01. The summed E-state index contributed by atoms with van der Waals surface area (Å²) in [5.41, 5.74) is 4.22. The summed E-state index contributed by atoms with van der Waals surface area (Å²) in [7, 11) is 0. The molecule has 0 aliphatic heterocycles. The minimum atomic E-state index is -0.107. The molecule has 0 unspecified atom stereocenters. The van der Waals surface area contributed by atoms with Crippen LogP contribution in [0.3, 0.4) is 0 Å². The number of hydrogen-bond acceptors (Lipinski definition) is 3. The van der Waals surface area contributed by atoms with E-state index in [1.807, 2.05) is 30.3 Å². The van der Waals surface area contributed by atoms with Crippen molar-refractivity contribution in [3.63, 3.8) is 0 Å². The maximum atomic E-state index is 12.6. The van der Waals surface area contributed by atoms with E-state index in [1.54, 1.807) is 10.9 Å². The predicted molar refractivity (Wildman–Crippen MR) is 115 cm³/mol. The molecule has 0 atom stereocenters. The summed E-state index contributed by atoms with van der Waals surface area (Å²) in [6.45, 7) is 7.20. The van der Waals surface area contributed by atoms with Crippen LogP contribution in [0.4, 0.5) is 5.82 Å². The molecule has 0 aliphatic carbocycles. The molecule has 2 N–H and O–H groups in total. The molecule has 4 rings (SSSR count). The van der Waals surface area contributed by atoms with Crippen molar-refractivity contribution in [1.82, 2.24) is 20.0 Å². The molecule has 0 spiro atoms. The van der Waals surface area contributed by atoms with Gasteiger partial charge in [0.2, 0.25) is 5.91 Å². The number of carbonyl (C=O) groups excluding carboxylic acids is 1. The number of fused-ring (bicyclic) bond motifs is 1. The van der Waals surface area contributed by atoms with E-state index in [4.69, 9.17) is 0 Å². The van der Waals surface area contributed by atoms with Gasteiger partial charge in [0.05, 0.1) is 30.4 Å². The molecule has 0 saturated carbocycles. The van der Waals surface area contributed by atoms with Crippen LogP contribution in [0.2, 0.25) is 0 Å². The van der Waals surface area contributed by atoms with Crippen molar-refractivity contribution in [1.29, 1.82) is 0 Å². The van der Waals surface area contributed by atoms with Gasteiger partial charge < -0.3 is 5.32 Å². The van der Waals surface area contributed by atoms with E-state index in [2.05, 4.69) is 65.6 Å². The van der Waals surface area contributed by atoms with Crippen LogP contribution >= 0.6 is 0 Å². The molecule has 2 aromatic carbocycles. The number of anilines is 1. The van der Waals surface area contributed by atoms with Crippen molar-refractivity contribution in [3.8, 4) is 0 Å². The Balaban J connectivity index is 1.44. The molecule has 0 aliphatic rings. The highest BCUT2D eigenvalue weighted by Gasteiger charge is 2.14. The van der Waals surface area contributed by atoms with Crippen molar-refractivity contribution in [2.45, 2.75) is 39.2 Å². The number of hydrogen-bond donors (Lipinski definition) is 2. The van der Waals surface area contributed by atoms with Gasteiger partial charge in [0.25, 0.3) is 0 Å². The fraction of sp³-hybridized carbons (Fsp3) is 0.261. The predicted octanol–water partition coefficient (Wildman–Crippen LogP) is 4.29. The van der Waals surface area contributed by atoms with E-state index in [0.29, 0.717) is 12.4 Å². The summed E-state index contributed by atoms with van der Waals surface area (Å²) < 4.78 is 1.80. The quantitative estimate of drug-likeness (QED) is 0.536. The number of nitrogens with one attached hydrogen (secondary N) is 2. The SMILES string of the molecule is CC(C)(C)c1ccc(Cn2nccc2NC(=O)Cc2[nH]nc3ccccc23)cc1. The lowest BCUT2D eigenvalue weighted by Gasteiger charge is -2.19. The molecule has 6 heteroatoms. The van der Waals surface area contributed by atoms with Crippen molar-refractivity contribution in [3.05, 3.63) is 77.6 Å². The number of amides is 1. The summed E-state index contributed by atoms with van der Waals surface area (Å²) in [5.74, 6) is 0.572. The number of aromatic nitrogens is 4. The lowest BCUT2D eigenvalue weighted by Crippen LogP contribution is -2.18. The molecule has 1 amide bonds. The molecular weight excluding hydrogens is 362 g/mol. The summed E-state index contributed by atoms with van der Waals surface area (Å²) >= 11 is 0. The molecule has 2 aromatic heterocycles. The maximum Gasteiger partial charge on any atom is 0.231 e. The van der Waals surface area contributed by atoms with Gasteiger partial charge in [0, 0.05) is 11.5 Å². The Hall–Kier alpha value is -3.41. The lowest BCUT2D eigenvalue weighted by molar-refractivity contribution is -0.115. The van der Waals surface area contributed by atoms with E-state index in [9.17, 15) is 4.79 Å². The fourth-order valence-electron chi connectivity index (χ4n) is 3.34. The second kappa shape index (κ2) is 7.54. The highest BCUT2D eigenvalue weighted by molar-refractivity contribution is 5.94. The molecule has 2 heterocycles. The van der Waals surface area contributed by atoms with Crippen molar-refractivity contribution in [2.75, 3.05) is 5.32 Å². The molecule has 148 valence electrons. The first-order chi connectivity index (χ1) is 13.9. The highest BCUT2D eigenvalue weighted by Crippen LogP contribution is 2.23. The van der Waals surface area contributed by atoms with Crippen LogP contribution in [0.25, 0.3) is 10.9 Å². The Morgan fingerprint density at radius 1 is 1.07 bits per heavy atom. The lowest BCUT2D eigenvalue weighted by atomic mass is 9.87. The third-order valence-corrected chi connectivity index (χ3v) is 5.01. The summed E-state index contributed by atoms with van der Waals surface area (Å²) in [4.78, 5) is 12.6. The third kappa shape index (κ3) is 4.21. The summed E-state index contributed by atoms with van der Waals surface area (Å²) in [6, 6.07) is 18.1. The van der Waals surface area contributed by atoms with Gasteiger partial charge in [0.1, 0.15) is 5.82 Å². The number of aromatic amines is 1. The van der Waals surface area contributed by atoms with Crippen LogP contribution in [-0.4, -0.2) is 25.9 Å². The van der Waals surface area contributed by atoms with Crippen LogP contribution in [0.15, 0.2) is 60.8 Å². The van der Waals surface area contributed by atoms with Gasteiger partial charge in [-0.1, -0.05) is 63.2 Å². The Bertz CT molecular complexity index is 1130. The Labute approximate surface area is 169 Å². The van der Waals surface area contributed by atoms with E-state index in [-0.39, 0.29) is 17.7 Å². The molecular formula is C23H25N5O. The van der Waals surface area contributed by atoms with Crippen molar-refractivity contribution < 1.29 is 4.79 Å². The molecule has 4 aromatic rings. The summed E-state index contributed by atoms with van der Waals surface area (Å²) in [5, 5.41) is 15.5. The topological polar surface area (TPSA) is 75.6 Å². The van der Waals surface area contributed by atoms with Crippen LogP contribution in [0, 0.1) is 0 Å². The van der Waals surface area contributed by atoms with Crippen LogP contribution in [0.5, 0.6) is 0 Å². The largest absolute Gasteiger partial charge is 0.311 e. The molecule has 0 radical (unpaired) electrons. The highest BCUT2D eigenvalue weighted by atomic mass is 16.1. The minimum absolute atomic E-state index is 0.107. The number of nitrogens with zero attached hydrogens (tertiary/aromatic N) is 3. The first-order valence-corrected chi connectivity index (χ1v) is 9.73. The molecule has 0 bridgehead atoms. The van der Waals surface area contributed by atoms with E-state index in [1.165, 1.54) is 5.56 Å². The van der Waals surface area contributed by atoms with Gasteiger partial charge >= 0.3 is 0 Å². The average Bonchev–Trinajstić information content (AvgIpc) is 3.29. The maximum absolute atomic E-state index is 12.6. The van der Waals surface area contributed by atoms with Crippen molar-refractivity contribution >= 4 is 22.6 Å². The minimum Gasteiger partial charge on any atom is -0.311 e. The average molecular weight is 387 g/mol. The van der Waals surface area contributed by atoms with Gasteiger partial charge in [-0.25, -0.2) is 4.68 Å². The van der Waals surface area contributed by atoms with Crippen LogP contribution in [0.1, 0.15) is 37.6 Å². The summed E-state index contributed by atoms with van der Waals surface area (Å²) in [6.07, 6.45) is 1.93. The zero-order chi connectivity index (χ0) is 20.4. The monoisotopic (exact) mass is 387 g/mol. The first-order valence-electron chi connectivity index (χ1n) is 9.73. The van der Waals surface area contributed by atoms with Crippen molar-refractivity contribution in [2.24, 2.45) is 0 Å². The van der Waals surface area contributed by atoms with Gasteiger partial charge in [-0.3, -0.25) is 9.89 Å². The zero-order valence-electron chi connectivity index (χ0n) is 16.9. The van der Waals surface area contributed by atoms with Crippen LogP contribution in [-0.2, 0) is 23.2 Å². The fourth-order valence-corrected chi connectivity index (χ4v) is 3.34. The Morgan fingerprint density at radius 2 is 1.83 bits per heavy atom. The Kier molecular flexibility index (Phi) is 4.92. The Morgan fingerprint density at radius 3 is 2.59 bits per heavy atom. The van der Waals surface area contributed by atoms with E-state index in [0.717, 1.165) is 22.2 Å². The van der Waals surface area contributed by atoms with Gasteiger partial charge in [-0.05, 0) is 22.6 Å². The molecule has 0 saturated heterocycles. The second-order valence-electron chi connectivity index (χ2n) is 8.27. The molecule has 0 fully saturated rings. The number of benzene rings is 2. The van der Waals surface area contributed by atoms with E-state index >= 15 is 0 Å². The number of H-pyrrole nitrogens is 1.